The first-order valence-corrected chi connectivity index (χ1v) is 10.5. The average Bonchev–Trinajstić information content (AvgIpc) is 3.40. The molecule has 3 fully saturated rings. The van der Waals surface area contributed by atoms with Crippen LogP contribution in [-0.2, 0) is 6.42 Å². The highest BCUT2D eigenvalue weighted by molar-refractivity contribution is 5.96. The topological polar surface area (TPSA) is 67.4 Å². The van der Waals surface area contributed by atoms with E-state index in [-0.39, 0.29) is 18.8 Å². The molecule has 1 amide bonds. The maximum Gasteiger partial charge on any atom is 0.324 e. The van der Waals surface area contributed by atoms with Crippen molar-refractivity contribution < 1.29 is 13.6 Å². The van der Waals surface area contributed by atoms with Crippen molar-refractivity contribution in [3.63, 3.8) is 0 Å². The Morgan fingerprint density at radius 2 is 2.14 bits per heavy atom. The summed E-state index contributed by atoms with van der Waals surface area (Å²) in [6.07, 6.45) is 2.64. The van der Waals surface area contributed by atoms with E-state index < -0.39 is 12.0 Å². The lowest BCUT2D eigenvalue weighted by atomic mass is 10.0. The molecule has 3 aliphatic rings. The van der Waals surface area contributed by atoms with Crippen LogP contribution >= 0.6 is 0 Å². The summed E-state index contributed by atoms with van der Waals surface area (Å²) >= 11 is 0. The molecule has 1 aliphatic carbocycles. The normalized spacial score (nSPS) is 28.7. The van der Waals surface area contributed by atoms with Gasteiger partial charge in [-0.15, -0.1) is 0 Å². The van der Waals surface area contributed by atoms with Crippen molar-refractivity contribution >= 4 is 22.8 Å². The Bertz CT molecular complexity index is 956. The number of likely N-dealkylation sites (tertiary alicyclic amines) is 1. The third-order valence-corrected chi connectivity index (χ3v) is 7.06. The first-order valence-electron chi connectivity index (χ1n) is 10.5. The number of nitrogens with two attached hydrogens (primary N) is 1. The van der Waals surface area contributed by atoms with Crippen molar-refractivity contribution in [2.45, 2.75) is 56.5 Å². The molecule has 2 saturated heterocycles. The number of aromatic nitrogens is 2. The van der Waals surface area contributed by atoms with Crippen molar-refractivity contribution in [3.05, 3.63) is 24.0 Å². The summed E-state index contributed by atoms with van der Waals surface area (Å²) in [6.45, 7) is 1.98. The Hall–Kier alpha value is -2.22. The van der Waals surface area contributed by atoms with Gasteiger partial charge in [0.25, 0.3) is 0 Å². The number of para-hydroxylation sites is 1. The van der Waals surface area contributed by atoms with Crippen LogP contribution in [0.4, 0.5) is 19.3 Å². The zero-order chi connectivity index (χ0) is 20.3. The van der Waals surface area contributed by atoms with Crippen molar-refractivity contribution in [2.75, 3.05) is 25.0 Å². The number of rotatable bonds is 4. The van der Waals surface area contributed by atoms with Crippen molar-refractivity contribution in [3.8, 4) is 0 Å². The molecule has 2 aromatic rings. The molecule has 29 heavy (non-hydrogen) atoms. The second kappa shape index (κ2) is 6.65. The van der Waals surface area contributed by atoms with Gasteiger partial charge in [0.1, 0.15) is 11.3 Å². The number of likely N-dealkylation sites (N-methyl/N-ethyl adjacent to an activating group) is 1. The van der Waals surface area contributed by atoms with Crippen LogP contribution in [0.15, 0.2) is 18.2 Å². The van der Waals surface area contributed by atoms with E-state index in [9.17, 15) is 13.6 Å². The fourth-order valence-corrected chi connectivity index (χ4v) is 5.56. The molecule has 0 radical (unpaired) electrons. The minimum absolute atomic E-state index is 0.0320. The predicted molar refractivity (Wildman–Crippen MR) is 107 cm³/mol. The molecular formula is C21H27F2N5O. The average molecular weight is 403 g/mol. The Morgan fingerprint density at radius 1 is 1.31 bits per heavy atom. The number of amides is 1. The number of benzene rings is 1. The number of piperazine rings is 1. The van der Waals surface area contributed by atoms with E-state index in [0.29, 0.717) is 42.7 Å². The van der Waals surface area contributed by atoms with Crippen LogP contribution in [0.5, 0.6) is 0 Å². The van der Waals surface area contributed by atoms with E-state index in [1.54, 1.807) is 0 Å². The van der Waals surface area contributed by atoms with E-state index >= 15 is 0 Å². The molecule has 1 aromatic carbocycles. The molecule has 0 spiro atoms. The molecule has 3 heterocycles. The molecule has 6 nitrogen and oxygen atoms in total. The smallest absolute Gasteiger partial charge is 0.324 e. The monoisotopic (exact) mass is 403 g/mol. The fourth-order valence-electron chi connectivity index (χ4n) is 5.56. The Balaban J connectivity index is 1.45. The molecule has 1 aromatic heterocycles. The van der Waals surface area contributed by atoms with E-state index in [1.807, 2.05) is 12.1 Å². The van der Waals surface area contributed by atoms with E-state index in [0.717, 1.165) is 30.7 Å². The maximum atomic E-state index is 13.5. The number of halogens is 2. The second-order valence-electron chi connectivity index (χ2n) is 8.99. The number of alkyl halides is 2. The minimum Gasteiger partial charge on any atom is -0.364 e. The maximum absolute atomic E-state index is 13.5. The van der Waals surface area contributed by atoms with Crippen LogP contribution in [0, 0.1) is 5.92 Å². The third-order valence-electron chi connectivity index (χ3n) is 7.06. The number of carbonyl (C=O) groups is 1. The Kier molecular flexibility index (Phi) is 4.31. The highest BCUT2D eigenvalue weighted by Gasteiger charge is 2.42. The van der Waals surface area contributed by atoms with Crippen molar-refractivity contribution in [2.24, 2.45) is 11.7 Å². The summed E-state index contributed by atoms with van der Waals surface area (Å²) in [6, 6.07) is 6.30. The van der Waals surface area contributed by atoms with Gasteiger partial charge < -0.3 is 10.6 Å². The van der Waals surface area contributed by atoms with Crippen molar-refractivity contribution in [1.29, 1.82) is 0 Å². The Morgan fingerprint density at radius 3 is 2.76 bits per heavy atom. The van der Waals surface area contributed by atoms with Crippen LogP contribution in [-0.4, -0.2) is 58.6 Å². The summed E-state index contributed by atoms with van der Waals surface area (Å²) in [5, 5.41) is 0. The van der Waals surface area contributed by atoms with E-state index in [4.69, 9.17) is 10.7 Å². The first-order chi connectivity index (χ1) is 13.8. The molecule has 5 rings (SSSR count). The van der Waals surface area contributed by atoms with Crippen LogP contribution < -0.4 is 10.6 Å². The van der Waals surface area contributed by atoms with Gasteiger partial charge in [0, 0.05) is 44.4 Å². The van der Waals surface area contributed by atoms with Crippen LogP contribution in [0.2, 0.25) is 0 Å². The molecule has 1 saturated carbocycles. The standard InChI is InChI=1S/C21H27F2N5O/c1-26-11-15-9-14(26)12-27(15)16-3-2-4-17-19(16)25-18(28(17)20(24)29)6-5-13-7-8-21(22,23)10-13/h2-4,13-15H,5-12H2,1H3,(H2,24,29). The van der Waals surface area contributed by atoms with Gasteiger partial charge in [-0.1, -0.05) is 6.07 Å². The quantitative estimate of drug-likeness (QED) is 0.851. The van der Waals surface area contributed by atoms with Crippen LogP contribution in [0.3, 0.4) is 0 Å². The number of aryl methyl sites for hydroxylation is 1. The van der Waals surface area contributed by atoms with Gasteiger partial charge in [-0.25, -0.2) is 23.1 Å². The number of anilines is 1. The molecule has 2 N–H and O–H groups in total. The lowest BCUT2D eigenvalue weighted by Gasteiger charge is -2.33. The number of hydrogen-bond donors (Lipinski definition) is 1. The summed E-state index contributed by atoms with van der Waals surface area (Å²) < 4.78 is 28.5. The summed E-state index contributed by atoms with van der Waals surface area (Å²) in [7, 11) is 2.16. The lowest BCUT2D eigenvalue weighted by molar-refractivity contribution is 0.00470. The molecule has 8 heteroatoms. The number of fused-ring (bicyclic) bond motifs is 3. The number of carbonyl (C=O) groups excluding carboxylic acids is 1. The van der Waals surface area contributed by atoms with E-state index in [1.165, 1.54) is 4.57 Å². The number of primary amides is 1. The minimum atomic E-state index is -2.55. The largest absolute Gasteiger partial charge is 0.364 e. The second-order valence-corrected chi connectivity index (χ2v) is 8.99. The van der Waals surface area contributed by atoms with Gasteiger partial charge in [0.2, 0.25) is 5.92 Å². The van der Waals surface area contributed by atoms with Gasteiger partial charge in [0.15, 0.2) is 0 Å². The van der Waals surface area contributed by atoms with Gasteiger partial charge in [0.05, 0.1) is 11.2 Å². The molecule has 3 unspecified atom stereocenters. The van der Waals surface area contributed by atoms with Gasteiger partial charge in [-0.2, -0.15) is 0 Å². The zero-order valence-electron chi connectivity index (χ0n) is 16.7. The number of hydrogen-bond acceptors (Lipinski definition) is 4. The first kappa shape index (κ1) is 18.8. The van der Waals surface area contributed by atoms with E-state index in [2.05, 4.69) is 22.9 Å². The zero-order valence-corrected chi connectivity index (χ0v) is 16.7. The molecule has 2 aliphatic heterocycles. The number of imidazole rings is 1. The fraction of sp³-hybridized carbons (Fsp3) is 0.619. The predicted octanol–water partition coefficient (Wildman–Crippen LogP) is 3.22. The summed E-state index contributed by atoms with van der Waals surface area (Å²) in [4.78, 5) is 21.8. The number of nitrogens with zero attached hydrogens (tertiary/aromatic N) is 4. The van der Waals surface area contributed by atoms with Crippen molar-refractivity contribution in [1.82, 2.24) is 14.5 Å². The van der Waals surface area contributed by atoms with Crippen LogP contribution in [0.1, 0.15) is 37.9 Å². The SMILES string of the molecule is CN1CC2CC1CN2c1cccc2c1nc(CCC1CCC(F)(F)C1)n2C(N)=O. The summed E-state index contributed by atoms with van der Waals surface area (Å²) in [5.41, 5.74) is 8.21. The van der Waals surface area contributed by atoms with Gasteiger partial charge in [-0.05, 0) is 44.4 Å². The third kappa shape index (κ3) is 3.17. The van der Waals surface area contributed by atoms with Gasteiger partial charge >= 0.3 is 6.03 Å². The Labute approximate surface area is 168 Å². The lowest BCUT2D eigenvalue weighted by Crippen LogP contribution is -2.44. The van der Waals surface area contributed by atoms with Gasteiger partial charge in [-0.3, -0.25) is 4.90 Å². The summed E-state index contributed by atoms with van der Waals surface area (Å²) in [5.74, 6) is -2.00. The molecule has 156 valence electrons. The van der Waals surface area contributed by atoms with Crippen LogP contribution in [0.25, 0.3) is 11.0 Å². The highest BCUT2D eigenvalue weighted by Crippen LogP contribution is 2.41. The molecule has 3 atom stereocenters. The molecular weight excluding hydrogens is 376 g/mol. The molecule has 2 bridgehead atoms. The highest BCUT2D eigenvalue weighted by atomic mass is 19.3.